The first-order valence-electron chi connectivity index (χ1n) is 0.204. The van der Waals surface area contributed by atoms with E-state index in [1.807, 2.05) is 0 Å². The number of hydrogen-bond acceptors (Lipinski definition) is 1. The van der Waals surface area contributed by atoms with E-state index in [1.54, 1.807) is 10.1 Å². The first kappa shape index (κ1) is 19.1. The van der Waals surface area contributed by atoms with Crippen LogP contribution in [0.2, 0.25) is 0 Å². The van der Waals surface area contributed by atoms with Crippen molar-refractivity contribution in [2.24, 2.45) is 0 Å². The molecular weight excluding hydrogens is 136 g/mol. The van der Waals surface area contributed by atoms with E-state index in [0.717, 1.165) is 0 Å². The molecular formula is AlOSiZn. The van der Waals surface area contributed by atoms with Crippen molar-refractivity contribution in [3.05, 3.63) is 0 Å². The van der Waals surface area contributed by atoms with Gasteiger partial charge in [0.1, 0.15) is 0 Å². The van der Waals surface area contributed by atoms with Crippen LogP contribution in [0.4, 0.5) is 0 Å². The summed E-state index contributed by atoms with van der Waals surface area (Å²) in [6.45, 7) is 0. The summed E-state index contributed by atoms with van der Waals surface area (Å²) < 4.78 is 8.06. The van der Waals surface area contributed by atoms with Crippen LogP contribution in [0.15, 0.2) is 0 Å². The molecule has 0 rings (SSSR count). The molecule has 0 aliphatic rings. The van der Waals surface area contributed by atoms with Gasteiger partial charge in [-0.25, -0.2) is 0 Å². The third-order valence-corrected chi connectivity index (χ3v) is 0. The predicted octanol–water partition coefficient (Wildman–Crippen LogP) is -0.883. The first-order valence-corrected chi connectivity index (χ1v) is 0.612. The second-order valence-corrected chi connectivity index (χ2v) is 0. The minimum absolute atomic E-state index is 0. The van der Waals surface area contributed by atoms with Crippen molar-refractivity contribution in [1.82, 2.24) is 0 Å². The van der Waals surface area contributed by atoms with E-state index in [4.69, 9.17) is 4.46 Å². The third-order valence-electron chi connectivity index (χ3n) is 0. The molecule has 0 saturated heterocycles. The average molecular weight is 136 g/mol. The fourth-order valence-electron chi connectivity index (χ4n) is 0. The molecule has 0 N–H and O–H groups in total. The Labute approximate surface area is 51.5 Å². The van der Waals surface area contributed by atoms with E-state index in [1.165, 1.54) is 0 Å². The molecule has 0 aliphatic heterocycles. The molecule has 0 heterocycles. The maximum Gasteiger partial charge on any atom is 0.381 e. The molecule has 4 heavy (non-hydrogen) atoms. The van der Waals surface area contributed by atoms with E-state index >= 15 is 0 Å². The van der Waals surface area contributed by atoms with Gasteiger partial charge >= 0.3 is 10.1 Å². The smallest absolute Gasteiger partial charge is 0.381 e. The molecule has 0 aromatic heterocycles. The standard InChI is InChI=1S/Al.OSi.Zn/c;1-2;. The Balaban J connectivity index is -0.00000000500. The average Bonchev–Trinajstić information content (AvgIpc) is 1.00. The number of hydrogen-bond donors (Lipinski definition) is 0. The fraction of sp³-hybridized carbons (Fsp3) is 0. The van der Waals surface area contributed by atoms with Crippen LogP contribution in [0.1, 0.15) is 0 Å². The largest absolute Gasteiger partial charge is 0.381 e. The molecule has 5 radical (unpaired) electrons. The van der Waals surface area contributed by atoms with Gasteiger partial charge in [-0.15, -0.1) is 0 Å². The minimum Gasteiger partial charge on any atom is -0.381 e. The molecule has 15 valence electrons. The van der Waals surface area contributed by atoms with Crippen LogP contribution in [0.25, 0.3) is 0 Å². The van der Waals surface area contributed by atoms with Gasteiger partial charge in [0, 0.05) is 36.8 Å². The zero-order chi connectivity index (χ0) is 2.00. The molecule has 0 atom stereocenters. The van der Waals surface area contributed by atoms with E-state index in [9.17, 15) is 0 Å². The topological polar surface area (TPSA) is 17.1 Å². The van der Waals surface area contributed by atoms with E-state index in [2.05, 4.69) is 0 Å². The SMILES string of the molecule is O=[Si].[Al].[Zn]. The first-order chi connectivity index (χ1) is 1.00. The summed E-state index contributed by atoms with van der Waals surface area (Å²) in [5.41, 5.74) is 0. The van der Waals surface area contributed by atoms with Crippen molar-refractivity contribution in [3.8, 4) is 0 Å². The molecule has 1 nitrogen and oxygen atoms in total. The van der Waals surface area contributed by atoms with Gasteiger partial charge in [0.05, 0.1) is 0 Å². The second-order valence-electron chi connectivity index (χ2n) is 0. The van der Waals surface area contributed by atoms with Crippen molar-refractivity contribution >= 4 is 27.5 Å². The van der Waals surface area contributed by atoms with E-state index in [-0.39, 0.29) is 36.8 Å². The quantitative estimate of drug-likeness (QED) is 0.395. The summed E-state index contributed by atoms with van der Waals surface area (Å²) in [7, 11) is 1.72. The van der Waals surface area contributed by atoms with Crippen LogP contribution in [-0.2, 0) is 23.9 Å². The molecule has 0 aliphatic carbocycles. The fourth-order valence-corrected chi connectivity index (χ4v) is 0. The molecule has 0 aromatic rings. The molecule has 0 amide bonds. The molecule has 0 aromatic carbocycles. The summed E-state index contributed by atoms with van der Waals surface area (Å²) in [5, 5.41) is 0. The van der Waals surface area contributed by atoms with Crippen molar-refractivity contribution < 1.29 is 23.9 Å². The van der Waals surface area contributed by atoms with Crippen LogP contribution in [0.5, 0.6) is 0 Å². The monoisotopic (exact) mass is 135 g/mol. The van der Waals surface area contributed by atoms with E-state index in [0.29, 0.717) is 0 Å². The second kappa shape index (κ2) is 30.5. The van der Waals surface area contributed by atoms with Gasteiger partial charge in [0.2, 0.25) is 0 Å². The van der Waals surface area contributed by atoms with Gasteiger partial charge in [-0.05, 0) is 0 Å². The van der Waals surface area contributed by atoms with Crippen LogP contribution in [0, 0.1) is 0 Å². The maximum atomic E-state index is 8.06. The maximum absolute atomic E-state index is 8.06. The Kier molecular flexibility index (Phi) is 146. The van der Waals surface area contributed by atoms with Crippen LogP contribution >= 0.6 is 0 Å². The van der Waals surface area contributed by atoms with Gasteiger partial charge in [0.15, 0.2) is 0 Å². The molecule has 4 heteroatoms. The summed E-state index contributed by atoms with van der Waals surface area (Å²) in [5.74, 6) is 0. The predicted molar refractivity (Wildman–Crippen MR) is 12.2 cm³/mol. The Morgan fingerprint density at radius 2 is 1.25 bits per heavy atom. The van der Waals surface area contributed by atoms with Crippen molar-refractivity contribution in [3.63, 3.8) is 0 Å². The summed E-state index contributed by atoms with van der Waals surface area (Å²) in [6, 6.07) is 0. The normalized spacial score (nSPS) is 1.00. The minimum atomic E-state index is 0. The van der Waals surface area contributed by atoms with Crippen molar-refractivity contribution in [2.75, 3.05) is 0 Å². The molecule has 0 saturated carbocycles. The Hall–Kier alpha value is 1.17. The molecule has 0 fully saturated rings. The van der Waals surface area contributed by atoms with Crippen LogP contribution in [0.3, 0.4) is 0 Å². The van der Waals surface area contributed by atoms with Gasteiger partial charge in [-0.3, -0.25) is 0 Å². The Morgan fingerprint density at radius 1 is 1.25 bits per heavy atom. The van der Waals surface area contributed by atoms with Crippen molar-refractivity contribution in [2.45, 2.75) is 0 Å². The zero-order valence-electron chi connectivity index (χ0n) is 2.19. The van der Waals surface area contributed by atoms with E-state index < -0.39 is 0 Å². The summed E-state index contributed by atoms with van der Waals surface area (Å²) in [6.07, 6.45) is 0. The van der Waals surface area contributed by atoms with Gasteiger partial charge in [-0.2, -0.15) is 0 Å². The van der Waals surface area contributed by atoms with Crippen molar-refractivity contribution in [1.29, 1.82) is 0 Å². The van der Waals surface area contributed by atoms with Gasteiger partial charge in [0.25, 0.3) is 0 Å². The van der Waals surface area contributed by atoms with Gasteiger partial charge in [-0.1, -0.05) is 0 Å². The Morgan fingerprint density at radius 3 is 1.25 bits per heavy atom. The summed E-state index contributed by atoms with van der Waals surface area (Å²) in [4.78, 5) is 0. The third kappa shape index (κ3) is 10.9. The zero-order valence-corrected chi connectivity index (χ0v) is 7.31. The van der Waals surface area contributed by atoms with Crippen LogP contribution < -0.4 is 0 Å². The van der Waals surface area contributed by atoms with Gasteiger partial charge < -0.3 is 4.46 Å². The molecule has 0 unspecified atom stereocenters. The van der Waals surface area contributed by atoms with Crippen LogP contribution in [-0.4, -0.2) is 27.5 Å². The summed E-state index contributed by atoms with van der Waals surface area (Å²) >= 11 is 0. The Bertz CT molecular complexity index is 8.00. The molecule has 0 bridgehead atoms. The number of rotatable bonds is 0. The molecule has 0 spiro atoms.